The summed E-state index contributed by atoms with van der Waals surface area (Å²) in [7, 11) is 3.48. The Morgan fingerprint density at radius 1 is 1.23 bits per heavy atom. The van der Waals surface area contributed by atoms with Crippen LogP contribution < -0.4 is 20.7 Å². The van der Waals surface area contributed by atoms with Crippen LogP contribution in [0.3, 0.4) is 0 Å². The number of nitrogens with one attached hydrogen (secondary N) is 2. The van der Waals surface area contributed by atoms with E-state index in [1.165, 1.54) is 12.1 Å². The normalized spacial score (nSPS) is 15.9. The Morgan fingerprint density at radius 2 is 2.11 bits per heavy atom. The van der Waals surface area contributed by atoms with Crippen molar-refractivity contribution in [1.29, 1.82) is 0 Å². The van der Waals surface area contributed by atoms with Gasteiger partial charge in [0.1, 0.15) is 23.0 Å². The number of anilines is 2. The number of benzene rings is 1. The molecule has 1 aliphatic rings. The van der Waals surface area contributed by atoms with Crippen LogP contribution in [0.1, 0.15) is 6.42 Å². The van der Waals surface area contributed by atoms with Gasteiger partial charge >= 0.3 is 6.01 Å². The molecule has 6 rings (SSSR count). The van der Waals surface area contributed by atoms with Crippen LogP contribution >= 0.6 is 0 Å². The third-order valence-electron chi connectivity index (χ3n) is 6.08. The van der Waals surface area contributed by atoms with Gasteiger partial charge in [-0.05, 0) is 35.0 Å². The molecule has 1 atom stereocenters. The molecule has 0 unspecified atom stereocenters. The number of ether oxygens (including phenoxy) is 1. The van der Waals surface area contributed by atoms with Crippen molar-refractivity contribution in [2.75, 3.05) is 30.4 Å². The lowest BCUT2D eigenvalue weighted by Gasteiger charge is -2.18. The van der Waals surface area contributed by atoms with Crippen molar-refractivity contribution in [3.63, 3.8) is 0 Å². The van der Waals surface area contributed by atoms with E-state index in [9.17, 15) is 4.39 Å². The molecule has 1 aliphatic heterocycles. The lowest BCUT2D eigenvalue weighted by Crippen LogP contribution is -2.27. The van der Waals surface area contributed by atoms with Crippen LogP contribution in [0.5, 0.6) is 11.8 Å². The number of hydrogen-bond acceptors (Lipinski definition) is 10. The fourth-order valence-corrected chi connectivity index (χ4v) is 4.45. The van der Waals surface area contributed by atoms with Gasteiger partial charge in [-0.2, -0.15) is 9.97 Å². The highest BCUT2D eigenvalue weighted by molar-refractivity contribution is 6.14. The number of nitrogens with zero attached hydrogens (tertiary/aromatic N) is 8. The van der Waals surface area contributed by atoms with Crippen LogP contribution in [0.25, 0.3) is 33.3 Å². The topological polar surface area (TPSA) is 149 Å². The predicted molar refractivity (Wildman–Crippen MR) is 128 cm³/mol. The first kappa shape index (κ1) is 21.2. The van der Waals surface area contributed by atoms with E-state index in [0.29, 0.717) is 46.2 Å². The van der Waals surface area contributed by atoms with E-state index in [-0.39, 0.29) is 17.9 Å². The molecular weight excluding hydrogens is 453 g/mol. The van der Waals surface area contributed by atoms with Crippen molar-refractivity contribution >= 4 is 33.4 Å². The summed E-state index contributed by atoms with van der Waals surface area (Å²) < 4.78 is 22.0. The molecule has 5 heterocycles. The Hall–Kier alpha value is -4.39. The minimum absolute atomic E-state index is 0.0279. The smallest absolute Gasteiger partial charge is 0.326 e. The number of halogens is 1. The maximum Gasteiger partial charge on any atom is 0.326 e. The van der Waals surface area contributed by atoms with Crippen LogP contribution in [0.4, 0.5) is 15.9 Å². The van der Waals surface area contributed by atoms with Gasteiger partial charge in [-0.3, -0.25) is 4.98 Å². The van der Waals surface area contributed by atoms with Crippen molar-refractivity contribution in [2.24, 2.45) is 12.8 Å². The number of nitrogens with two attached hydrogens (primary N) is 1. The lowest BCUT2D eigenvalue weighted by molar-refractivity contribution is 0.442. The lowest BCUT2D eigenvalue weighted by atomic mass is 10.1. The van der Waals surface area contributed by atoms with Gasteiger partial charge in [0, 0.05) is 50.4 Å². The Balaban J connectivity index is 1.49. The second kappa shape index (κ2) is 8.13. The second-order valence-electron chi connectivity index (χ2n) is 8.44. The molecule has 4 N–H and O–H groups in total. The molecule has 0 aliphatic carbocycles. The summed E-state index contributed by atoms with van der Waals surface area (Å²) in [4.78, 5) is 19.0. The summed E-state index contributed by atoms with van der Waals surface area (Å²) in [6.07, 6.45) is 4.04. The minimum Gasteiger partial charge on any atom is -0.423 e. The molecular formula is C22H22FN11O. The summed E-state index contributed by atoms with van der Waals surface area (Å²) >= 11 is 0. The summed E-state index contributed by atoms with van der Waals surface area (Å²) in [5.74, 6) is 1.25. The number of tetrazole rings is 1. The van der Waals surface area contributed by atoms with Gasteiger partial charge in [-0.1, -0.05) is 0 Å². The highest BCUT2D eigenvalue weighted by Crippen LogP contribution is 2.38. The Kier molecular flexibility index (Phi) is 4.91. The third-order valence-corrected chi connectivity index (χ3v) is 6.08. The van der Waals surface area contributed by atoms with Gasteiger partial charge < -0.3 is 25.7 Å². The maximum absolute atomic E-state index is 14.4. The number of fused-ring (bicyclic) bond motifs is 3. The van der Waals surface area contributed by atoms with Gasteiger partial charge in [0.25, 0.3) is 0 Å². The van der Waals surface area contributed by atoms with Crippen molar-refractivity contribution in [2.45, 2.75) is 12.5 Å². The SMILES string of the molecule is CNc1cc(F)cc2c1[nH]c1nc(Oc3cncc(-c4nnnn4C)c3)nc(N3CC[C@@H](N)C3)c12. The molecule has 1 aromatic carbocycles. The fraction of sp³-hybridized carbons (Fsp3) is 0.273. The largest absolute Gasteiger partial charge is 0.423 e. The number of aryl methyl sites for hydroxylation is 1. The van der Waals surface area contributed by atoms with Crippen LogP contribution in [-0.4, -0.2) is 66.3 Å². The van der Waals surface area contributed by atoms with E-state index >= 15 is 0 Å². The molecule has 35 heavy (non-hydrogen) atoms. The zero-order valence-corrected chi connectivity index (χ0v) is 19.0. The summed E-state index contributed by atoms with van der Waals surface area (Å²) in [5, 5.41) is 16.0. The highest BCUT2D eigenvalue weighted by Gasteiger charge is 2.26. The van der Waals surface area contributed by atoms with Crippen LogP contribution in [0.2, 0.25) is 0 Å². The Bertz CT molecular complexity index is 1560. The third kappa shape index (κ3) is 3.65. The van der Waals surface area contributed by atoms with Crippen molar-refractivity contribution in [1.82, 2.24) is 40.1 Å². The molecule has 178 valence electrons. The first-order valence-corrected chi connectivity index (χ1v) is 11.1. The van der Waals surface area contributed by atoms with Crippen molar-refractivity contribution in [3.8, 4) is 23.1 Å². The van der Waals surface area contributed by atoms with Crippen molar-refractivity contribution in [3.05, 3.63) is 36.4 Å². The zero-order valence-electron chi connectivity index (χ0n) is 19.0. The van der Waals surface area contributed by atoms with Crippen molar-refractivity contribution < 1.29 is 9.13 Å². The van der Waals surface area contributed by atoms with E-state index in [2.05, 4.69) is 40.7 Å². The molecule has 0 spiro atoms. The van der Waals surface area contributed by atoms with Crippen LogP contribution in [0.15, 0.2) is 30.6 Å². The number of aromatic amines is 1. The van der Waals surface area contributed by atoms with Gasteiger partial charge in [0.15, 0.2) is 5.82 Å². The zero-order chi connectivity index (χ0) is 24.1. The molecule has 0 amide bonds. The van der Waals surface area contributed by atoms with E-state index < -0.39 is 0 Å². The van der Waals surface area contributed by atoms with Crippen LogP contribution in [0, 0.1) is 5.82 Å². The molecule has 1 saturated heterocycles. The van der Waals surface area contributed by atoms with Gasteiger partial charge in [0.2, 0.25) is 0 Å². The van der Waals surface area contributed by atoms with E-state index in [0.717, 1.165) is 23.9 Å². The standard InChI is InChI=1S/C22H22FN11O/c1-25-16-7-12(23)6-15-17-19(27-18(15)16)28-22(29-21(17)34-4-3-13(24)10-34)35-14-5-11(8-26-9-14)20-30-31-32-33(20)2/h5-9,13,25H,3-4,10,24H2,1-2H3,(H,27,28,29)/t13-/m1/s1. The molecule has 4 aromatic heterocycles. The molecule has 13 heteroatoms. The molecule has 0 radical (unpaired) electrons. The van der Waals surface area contributed by atoms with Crippen LogP contribution in [-0.2, 0) is 7.05 Å². The van der Waals surface area contributed by atoms with Gasteiger partial charge in [-0.15, -0.1) is 5.10 Å². The second-order valence-corrected chi connectivity index (χ2v) is 8.44. The van der Waals surface area contributed by atoms with Gasteiger partial charge in [0.05, 0.1) is 22.8 Å². The fourth-order valence-electron chi connectivity index (χ4n) is 4.45. The maximum atomic E-state index is 14.4. The number of rotatable bonds is 5. The van der Waals surface area contributed by atoms with Gasteiger partial charge in [-0.25, -0.2) is 9.07 Å². The summed E-state index contributed by atoms with van der Waals surface area (Å²) in [6, 6.07) is 4.84. The molecule has 1 fully saturated rings. The molecule has 0 saturated carbocycles. The monoisotopic (exact) mass is 475 g/mol. The number of pyridine rings is 1. The number of H-pyrrole nitrogens is 1. The minimum atomic E-state index is -0.353. The first-order chi connectivity index (χ1) is 17.0. The molecule has 0 bridgehead atoms. The predicted octanol–water partition coefficient (Wildman–Crippen LogP) is 2.21. The quantitative estimate of drug-likeness (QED) is 0.345. The average molecular weight is 475 g/mol. The molecule has 12 nitrogen and oxygen atoms in total. The number of aromatic nitrogens is 8. The molecule has 5 aromatic rings. The van der Waals surface area contributed by atoms with E-state index in [1.54, 1.807) is 37.2 Å². The number of hydrogen-bond donors (Lipinski definition) is 3. The Morgan fingerprint density at radius 3 is 2.86 bits per heavy atom. The average Bonchev–Trinajstić information content (AvgIpc) is 3.56. The highest BCUT2D eigenvalue weighted by atomic mass is 19.1. The summed E-state index contributed by atoms with van der Waals surface area (Å²) in [5.41, 5.74) is 8.75. The summed E-state index contributed by atoms with van der Waals surface area (Å²) in [6.45, 7) is 1.35. The van der Waals surface area contributed by atoms with E-state index in [4.69, 9.17) is 15.5 Å². The van der Waals surface area contributed by atoms with E-state index in [1.807, 2.05) is 0 Å². The Labute approximate surface area is 198 Å². The first-order valence-electron chi connectivity index (χ1n) is 11.1.